The van der Waals surface area contributed by atoms with E-state index in [0.29, 0.717) is 19.4 Å². The lowest BCUT2D eigenvalue weighted by Gasteiger charge is -2.27. The van der Waals surface area contributed by atoms with Crippen LogP contribution in [0.25, 0.3) is 0 Å². The van der Waals surface area contributed by atoms with Crippen molar-refractivity contribution in [2.75, 3.05) is 13.7 Å². The Hall–Kier alpha value is -0.870. The molecule has 0 heterocycles. The molecule has 1 rings (SSSR count). The average Bonchev–Trinajstić information content (AvgIpc) is 2.27. The van der Waals surface area contributed by atoms with Crippen LogP contribution in [0.1, 0.15) is 33.1 Å². The number of allylic oxidation sites excluding steroid dienone is 2. The van der Waals surface area contributed by atoms with Crippen LogP contribution in [0.4, 0.5) is 0 Å². The van der Waals surface area contributed by atoms with Gasteiger partial charge in [-0.2, -0.15) is 0 Å². The fourth-order valence-corrected chi connectivity index (χ4v) is 2.18. The van der Waals surface area contributed by atoms with Gasteiger partial charge >= 0.3 is 0 Å². The van der Waals surface area contributed by atoms with Gasteiger partial charge in [0.15, 0.2) is 5.78 Å². The first kappa shape index (κ1) is 14.2. The van der Waals surface area contributed by atoms with Gasteiger partial charge in [0.2, 0.25) is 0 Å². The Labute approximate surface area is 103 Å². The van der Waals surface area contributed by atoms with Crippen molar-refractivity contribution in [3.8, 4) is 0 Å². The summed E-state index contributed by atoms with van der Waals surface area (Å²) in [6, 6.07) is -0.0275. The second kappa shape index (κ2) is 6.77. The van der Waals surface area contributed by atoms with E-state index in [9.17, 15) is 9.90 Å². The number of ketones is 1. The van der Waals surface area contributed by atoms with Gasteiger partial charge in [0.05, 0.1) is 6.10 Å². The maximum Gasteiger partial charge on any atom is 0.157 e. The van der Waals surface area contributed by atoms with Gasteiger partial charge in [-0.05, 0) is 25.7 Å². The van der Waals surface area contributed by atoms with E-state index in [1.807, 2.05) is 13.8 Å². The van der Waals surface area contributed by atoms with Crippen LogP contribution >= 0.6 is 0 Å². The molecule has 0 bridgehead atoms. The van der Waals surface area contributed by atoms with E-state index in [2.05, 4.69) is 5.32 Å². The molecule has 0 aromatic carbocycles. The highest BCUT2D eigenvalue weighted by molar-refractivity contribution is 5.91. The monoisotopic (exact) mass is 241 g/mol. The summed E-state index contributed by atoms with van der Waals surface area (Å²) in [6.07, 6.45) is 3.36. The number of methoxy groups -OCH3 is 1. The van der Waals surface area contributed by atoms with Crippen LogP contribution in [0.5, 0.6) is 0 Å². The van der Waals surface area contributed by atoms with E-state index in [1.54, 1.807) is 13.2 Å². The lowest BCUT2D eigenvalue weighted by Crippen LogP contribution is -2.38. The third kappa shape index (κ3) is 4.48. The summed E-state index contributed by atoms with van der Waals surface area (Å²) in [5.74, 6) is 0.393. The lowest BCUT2D eigenvalue weighted by molar-refractivity contribution is -0.116. The Morgan fingerprint density at radius 1 is 1.59 bits per heavy atom. The Balaban J connectivity index is 2.55. The molecule has 0 aromatic rings. The van der Waals surface area contributed by atoms with E-state index in [-0.39, 0.29) is 23.8 Å². The highest BCUT2D eigenvalue weighted by atomic mass is 16.5. The smallest absolute Gasteiger partial charge is 0.157 e. The van der Waals surface area contributed by atoms with E-state index in [4.69, 9.17) is 4.74 Å². The minimum atomic E-state index is -0.381. The predicted molar refractivity (Wildman–Crippen MR) is 66.6 cm³/mol. The van der Waals surface area contributed by atoms with Crippen LogP contribution in [-0.4, -0.2) is 36.8 Å². The Kier molecular flexibility index (Phi) is 5.65. The van der Waals surface area contributed by atoms with Crippen molar-refractivity contribution in [3.05, 3.63) is 11.8 Å². The molecular weight excluding hydrogens is 218 g/mol. The molecule has 0 radical (unpaired) electrons. The highest BCUT2D eigenvalue weighted by Crippen LogP contribution is 2.21. The van der Waals surface area contributed by atoms with E-state index >= 15 is 0 Å². The third-order valence-corrected chi connectivity index (χ3v) is 3.14. The Bertz CT molecular complexity index is 288. The molecule has 0 amide bonds. The number of rotatable bonds is 6. The minimum absolute atomic E-state index is 0.0275. The maximum atomic E-state index is 11.5. The van der Waals surface area contributed by atoms with E-state index in [0.717, 1.165) is 12.1 Å². The van der Waals surface area contributed by atoms with Crippen LogP contribution in [0.15, 0.2) is 11.8 Å². The van der Waals surface area contributed by atoms with E-state index in [1.165, 1.54) is 0 Å². The van der Waals surface area contributed by atoms with Crippen LogP contribution in [0, 0.1) is 5.92 Å². The van der Waals surface area contributed by atoms with Gasteiger partial charge in [-0.25, -0.2) is 0 Å². The summed E-state index contributed by atoms with van der Waals surface area (Å²) in [5.41, 5.74) is 0.920. The number of nitrogens with one attached hydrogen (secondary N) is 1. The third-order valence-electron chi connectivity index (χ3n) is 3.14. The lowest BCUT2D eigenvalue weighted by atomic mass is 9.91. The normalized spacial score (nSPS) is 24.1. The Morgan fingerprint density at radius 2 is 2.29 bits per heavy atom. The van der Waals surface area contributed by atoms with Crippen molar-refractivity contribution in [3.63, 3.8) is 0 Å². The van der Waals surface area contributed by atoms with Gasteiger partial charge in [-0.1, -0.05) is 6.92 Å². The fourth-order valence-electron chi connectivity index (χ4n) is 2.18. The van der Waals surface area contributed by atoms with Gasteiger partial charge in [-0.3, -0.25) is 4.79 Å². The van der Waals surface area contributed by atoms with Crippen molar-refractivity contribution >= 4 is 5.78 Å². The average molecular weight is 241 g/mol. The van der Waals surface area contributed by atoms with Gasteiger partial charge < -0.3 is 15.2 Å². The Morgan fingerprint density at radius 3 is 2.88 bits per heavy atom. The summed E-state index contributed by atoms with van der Waals surface area (Å²) in [6.45, 7) is 4.48. The summed E-state index contributed by atoms with van der Waals surface area (Å²) >= 11 is 0. The van der Waals surface area contributed by atoms with Crippen LogP contribution in [0.3, 0.4) is 0 Å². The van der Waals surface area contributed by atoms with Gasteiger partial charge in [0, 0.05) is 38.0 Å². The summed E-state index contributed by atoms with van der Waals surface area (Å²) in [7, 11) is 1.65. The van der Waals surface area contributed by atoms with Crippen molar-refractivity contribution in [2.24, 2.45) is 5.92 Å². The maximum absolute atomic E-state index is 11.5. The summed E-state index contributed by atoms with van der Waals surface area (Å²) in [5, 5.41) is 12.9. The second-order valence-electron chi connectivity index (χ2n) is 4.77. The molecule has 0 spiro atoms. The number of ether oxygens (including phenoxy) is 1. The van der Waals surface area contributed by atoms with Crippen LogP contribution < -0.4 is 5.32 Å². The molecule has 0 aromatic heterocycles. The summed E-state index contributed by atoms with van der Waals surface area (Å²) < 4.78 is 5.09. The molecule has 3 atom stereocenters. The summed E-state index contributed by atoms with van der Waals surface area (Å²) in [4.78, 5) is 11.5. The largest absolute Gasteiger partial charge is 0.391 e. The zero-order valence-corrected chi connectivity index (χ0v) is 10.9. The van der Waals surface area contributed by atoms with Gasteiger partial charge in [0.25, 0.3) is 0 Å². The predicted octanol–water partition coefficient (Wildman–Crippen LogP) is 1.24. The van der Waals surface area contributed by atoms with Crippen LogP contribution in [-0.2, 0) is 9.53 Å². The molecule has 98 valence electrons. The highest BCUT2D eigenvalue weighted by Gasteiger charge is 2.22. The molecular formula is C13H23NO3. The van der Waals surface area contributed by atoms with Crippen molar-refractivity contribution in [1.29, 1.82) is 0 Å². The molecule has 0 saturated heterocycles. The number of carbonyl (C=O) groups is 1. The number of carbonyl (C=O) groups excluding carboxylic acids is 1. The quantitative estimate of drug-likeness (QED) is 0.734. The molecule has 1 aliphatic carbocycles. The standard InChI is InChI=1S/C13H23NO3/c1-4-13(16)9(2)14-11-5-10(8-17-3)6-12(15)7-11/h7,9-10,13-14,16H,4-6,8H2,1-3H3. The zero-order chi connectivity index (χ0) is 12.8. The van der Waals surface area contributed by atoms with Gasteiger partial charge in [0.1, 0.15) is 0 Å². The number of aliphatic hydroxyl groups is 1. The van der Waals surface area contributed by atoms with Crippen molar-refractivity contribution < 1.29 is 14.6 Å². The molecule has 4 nitrogen and oxygen atoms in total. The number of hydrogen-bond donors (Lipinski definition) is 2. The van der Waals surface area contributed by atoms with E-state index < -0.39 is 0 Å². The number of hydrogen-bond acceptors (Lipinski definition) is 4. The SMILES string of the molecule is CCC(O)C(C)NC1=CC(=O)CC(COC)C1. The molecule has 4 heteroatoms. The molecule has 1 aliphatic rings. The van der Waals surface area contributed by atoms with Crippen LogP contribution in [0.2, 0.25) is 0 Å². The molecule has 2 N–H and O–H groups in total. The van der Waals surface area contributed by atoms with Gasteiger partial charge in [-0.15, -0.1) is 0 Å². The first-order valence-electron chi connectivity index (χ1n) is 6.23. The molecule has 0 fully saturated rings. The topological polar surface area (TPSA) is 58.6 Å². The fraction of sp³-hybridized carbons (Fsp3) is 0.769. The second-order valence-corrected chi connectivity index (χ2v) is 4.77. The van der Waals surface area contributed by atoms with Crippen molar-refractivity contribution in [1.82, 2.24) is 5.32 Å². The molecule has 0 saturated carbocycles. The first-order valence-corrected chi connectivity index (χ1v) is 6.23. The van der Waals surface area contributed by atoms with Crippen molar-refractivity contribution in [2.45, 2.75) is 45.3 Å². The molecule has 17 heavy (non-hydrogen) atoms. The first-order chi connectivity index (χ1) is 8.06. The zero-order valence-electron chi connectivity index (χ0n) is 10.9. The molecule has 0 aliphatic heterocycles. The molecule has 3 unspecified atom stereocenters. The minimum Gasteiger partial charge on any atom is -0.391 e. The number of aliphatic hydroxyl groups excluding tert-OH is 1.